The van der Waals surface area contributed by atoms with Crippen molar-refractivity contribution >= 4 is 11.6 Å². The van der Waals surface area contributed by atoms with Crippen LogP contribution in [0.5, 0.6) is 11.5 Å². The third kappa shape index (κ3) is 5.67. The van der Waals surface area contributed by atoms with Crippen molar-refractivity contribution in [2.45, 2.75) is 26.4 Å². The lowest BCUT2D eigenvalue weighted by Gasteiger charge is -2.38. The molecule has 6 heteroatoms. The second-order valence-corrected chi connectivity index (χ2v) is 10.1. The third-order valence-electron chi connectivity index (χ3n) is 7.28. The van der Waals surface area contributed by atoms with E-state index in [0.717, 1.165) is 47.0 Å². The van der Waals surface area contributed by atoms with Gasteiger partial charge in [-0.2, -0.15) is 0 Å². The van der Waals surface area contributed by atoms with E-state index in [9.17, 15) is 4.79 Å². The van der Waals surface area contributed by atoms with Gasteiger partial charge in [-0.05, 0) is 60.9 Å². The van der Waals surface area contributed by atoms with E-state index < -0.39 is 0 Å². The number of aryl methyl sites for hydroxylation is 1. The lowest BCUT2D eigenvalue weighted by atomic mass is 10.1. The molecule has 0 unspecified atom stereocenters. The van der Waals surface area contributed by atoms with Gasteiger partial charge in [0, 0.05) is 24.2 Å². The predicted molar refractivity (Wildman–Crippen MR) is 159 cm³/mol. The zero-order chi connectivity index (χ0) is 27.3. The predicted octanol–water partition coefficient (Wildman–Crippen LogP) is 6.55. The summed E-state index contributed by atoms with van der Waals surface area (Å²) in [5.41, 5.74) is 4.87. The number of para-hydroxylation sites is 1. The van der Waals surface area contributed by atoms with E-state index in [-0.39, 0.29) is 5.56 Å². The fourth-order valence-corrected chi connectivity index (χ4v) is 5.12. The number of benzene rings is 4. The number of ether oxygens (including phenoxy) is 1. The zero-order valence-electron chi connectivity index (χ0n) is 22.6. The van der Waals surface area contributed by atoms with E-state index in [2.05, 4.69) is 46.2 Å². The first-order valence-electron chi connectivity index (χ1n) is 13.6. The number of aromatic nitrogens is 2. The monoisotopic (exact) mass is 528 g/mol. The average Bonchev–Trinajstić information content (AvgIpc) is 3.00. The van der Waals surface area contributed by atoms with E-state index in [0.29, 0.717) is 25.7 Å². The zero-order valence-corrected chi connectivity index (χ0v) is 22.6. The number of rotatable bonds is 8. The van der Waals surface area contributed by atoms with Gasteiger partial charge in [-0.1, -0.05) is 78.9 Å². The van der Waals surface area contributed by atoms with Crippen molar-refractivity contribution in [1.29, 1.82) is 0 Å². The van der Waals surface area contributed by atoms with Crippen LogP contribution in [0, 0.1) is 6.92 Å². The van der Waals surface area contributed by atoms with Crippen LogP contribution in [-0.4, -0.2) is 27.7 Å². The molecular weight excluding hydrogens is 496 g/mol. The molecule has 0 saturated heterocycles. The maximum absolute atomic E-state index is 13.9. The first-order chi connectivity index (χ1) is 19.6. The largest absolute Gasteiger partial charge is 0.457 e. The summed E-state index contributed by atoms with van der Waals surface area (Å²) >= 11 is 0. The van der Waals surface area contributed by atoms with Crippen molar-refractivity contribution in [2.75, 3.05) is 18.1 Å². The lowest BCUT2D eigenvalue weighted by Crippen LogP contribution is -2.48. The van der Waals surface area contributed by atoms with Crippen LogP contribution in [0.15, 0.2) is 120 Å². The maximum Gasteiger partial charge on any atom is 0.259 e. The molecule has 0 radical (unpaired) electrons. The first kappa shape index (κ1) is 25.6. The molecule has 0 saturated carbocycles. The molecule has 5 aromatic rings. The molecule has 0 atom stereocenters. The van der Waals surface area contributed by atoms with E-state index in [1.54, 1.807) is 0 Å². The highest BCUT2D eigenvalue weighted by Crippen LogP contribution is 2.31. The number of nitrogens with zero attached hydrogens (tertiary/aromatic N) is 4. The standard InChI is InChI=1S/C34H32N4O2/c1-26-32(23-28-13-7-3-8-14-28)33(39)38-25-36(22-21-27-11-5-2-6-12-27)24-37(34(38)35-26)29-17-19-31(20-18-29)40-30-15-9-4-10-16-30/h2-20H,21-25H2,1H3. The lowest BCUT2D eigenvalue weighted by molar-refractivity contribution is 0.200. The number of anilines is 2. The molecule has 1 aromatic heterocycles. The van der Waals surface area contributed by atoms with Crippen LogP contribution in [0.2, 0.25) is 0 Å². The van der Waals surface area contributed by atoms with Gasteiger partial charge in [0.25, 0.3) is 5.56 Å². The van der Waals surface area contributed by atoms with Gasteiger partial charge in [-0.25, -0.2) is 4.98 Å². The number of hydrogen-bond acceptors (Lipinski definition) is 5. The van der Waals surface area contributed by atoms with Gasteiger partial charge >= 0.3 is 0 Å². The Morgan fingerprint density at radius 2 is 1.32 bits per heavy atom. The molecule has 1 aliphatic heterocycles. The molecule has 2 heterocycles. The molecule has 200 valence electrons. The topological polar surface area (TPSA) is 50.6 Å². The molecule has 0 N–H and O–H groups in total. The third-order valence-corrected chi connectivity index (χ3v) is 7.28. The van der Waals surface area contributed by atoms with Gasteiger partial charge in [0.1, 0.15) is 11.5 Å². The van der Waals surface area contributed by atoms with E-state index in [1.807, 2.05) is 90.4 Å². The summed E-state index contributed by atoms with van der Waals surface area (Å²) in [6.45, 7) is 3.90. The highest BCUT2D eigenvalue weighted by Gasteiger charge is 2.28. The van der Waals surface area contributed by atoms with E-state index in [1.165, 1.54) is 5.56 Å². The second kappa shape index (κ2) is 11.6. The fourth-order valence-electron chi connectivity index (χ4n) is 5.12. The molecule has 40 heavy (non-hydrogen) atoms. The van der Waals surface area contributed by atoms with Gasteiger partial charge in [-0.15, -0.1) is 0 Å². The molecule has 0 fully saturated rings. The number of hydrogen-bond donors (Lipinski definition) is 0. The van der Waals surface area contributed by atoms with Crippen molar-refractivity contribution in [2.24, 2.45) is 0 Å². The quantitative estimate of drug-likeness (QED) is 0.229. The van der Waals surface area contributed by atoms with Crippen LogP contribution in [0.1, 0.15) is 22.4 Å². The fraction of sp³-hybridized carbons (Fsp3) is 0.176. The Bertz CT molecular complexity index is 1620. The smallest absolute Gasteiger partial charge is 0.259 e. The summed E-state index contributed by atoms with van der Waals surface area (Å²) in [7, 11) is 0. The number of fused-ring (bicyclic) bond motifs is 1. The molecule has 0 aliphatic carbocycles. The summed E-state index contributed by atoms with van der Waals surface area (Å²) in [6, 6.07) is 38.3. The van der Waals surface area contributed by atoms with Crippen LogP contribution in [0.4, 0.5) is 11.6 Å². The van der Waals surface area contributed by atoms with Crippen LogP contribution in [-0.2, 0) is 19.5 Å². The van der Waals surface area contributed by atoms with Crippen molar-refractivity contribution < 1.29 is 4.74 Å². The highest BCUT2D eigenvalue weighted by molar-refractivity contribution is 5.60. The minimum Gasteiger partial charge on any atom is -0.457 e. The molecule has 1 aliphatic rings. The van der Waals surface area contributed by atoms with Crippen LogP contribution >= 0.6 is 0 Å². The Kier molecular flexibility index (Phi) is 7.42. The molecule has 6 rings (SSSR count). The van der Waals surface area contributed by atoms with Gasteiger partial charge in [-0.3, -0.25) is 19.2 Å². The van der Waals surface area contributed by atoms with Crippen LogP contribution < -0.4 is 15.2 Å². The van der Waals surface area contributed by atoms with Crippen LogP contribution in [0.25, 0.3) is 0 Å². The Labute approximate surface area is 234 Å². The van der Waals surface area contributed by atoms with Gasteiger partial charge in [0.05, 0.1) is 19.0 Å². The highest BCUT2D eigenvalue weighted by atomic mass is 16.5. The van der Waals surface area contributed by atoms with Crippen LogP contribution in [0.3, 0.4) is 0 Å². The summed E-state index contributed by atoms with van der Waals surface area (Å²) in [6.07, 6.45) is 1.47. The SMILES string of the molecule is Cc1nc2n(c(=O)c1Cc1ccccc1)CN(CCc1ccccc1)CN2c1ccc(Oc2ccccc2)cc1. The first-order valence-corrected chi connectivity index (χ1v) is 13.6. The Morgan fingerprint density at radius 3 is 2.00 bits per heavy atom. The minimum absolute atomic E-state index is 0.0183. The molecular formula is C34H32N4O2. The van der Waals surface area contributed by atoms with E-state index >= 15 is 0 Å². The molecule has 4 aromatic carbocycles. The minimum atomic E-state index is 0.0183. The summed E-state index contributed by atoms with van der Waals surface area (Å²) in [5, 5.41) is 0. The van der Waals surface area contributed by atoms with Gasteiger partial charge in [0.15, 0.2) is 0 Å². The molecule has 0 bridgehead atoms. The van der Waals surface area contributed by atoms with E-state index in [4.69, 9.17) is 9.72 Å². The Balaban J connectivity index is 1.33. The molecule has 6 nitrogen and oxygen atoms in total. The second-order valence-electron chi connectivity index (χ2n) is 10.1. The van der Waals surface area contributed by atoms with Crippen molar-refractivity contribution in [3.05, 3.63) is 148 Å². The van der Waals surface area contributed by atoms with Crippen molar-refractivity contribution in [3.8, 4) is 11.5 Å². The Hall–Kier alpha value is -4.68. The normalized spacial score (nSPS) is 13.2. The summed E-state index contributed by atoms with van der Waals surface area (Å²) in [5.74, 6) is 2.22. The van der Waals surface area contributed by atoms with Gasteiger partial charge < -0.3 is 4.74 Å². The summed E-state index contributed by atoms with van der Waals surface area (Å²) in [4.78, 5) is 23.4. The molecule has 0 amide bonds. The average molecular weight is 529 g/mol. The molecule has 0 spiro atoms. The van der Waals surface area contributed by atoms with Crippen molar-refractivity contribution in [3.63, 3.8) is 0 Å². The Morgan fingerprint density at radius 1 is 0.725 bits per heavy atom. The maximum atomic E-state index is 13.9. The summed E-state index contributed by atoms with van der Waals surface area (Å²) < 4.78 is 7.84. The van der Waals surface area contributed by atoms with Gasteiger partial charge in [0.2, 0.25) is 5.95 Å². The van der Waals surface area contributed by atoms with Crippen molar-refractivity contribution in [1.82, 2.24) is 14.5 Å².